The van der Waals surface area contributed by atoms with Crippen molar-refractivity contribution in [2.45, 2.75) is 20.1 Å². The zero-order chi connectivity index (χ0) is 19.1. The normalized spacial score (nSPS) is 11.0. The van der Waals surface area contributed by atoms with Crippen molar-refractivity contribution in [1.82, 2.24) is 0 Å². The molecule has 138 valence electrons. The van der Waals surface area contributed by atoms with Gasteiger partial charge in [-0.25, -0.2) is 9.59 Å². The Morgan fingerprint density at radius 2 is 1.92 bits per heavy atom. The summed E-state index contributed by atoms with van der Waals surface area (Å²) in [5.74, 6) is -0.480. The quantitative estimate of drug-likeness (QED) is 0.549. The number of halogens is 2. The van der Waals surface area contributed by atoms with Crippen molar-refractivity contribution < 1.29 is 37.0 Å². The van der Waals surface area contributed by atoms with Gasteiger partial charge in [-0.3, -0.25) is 0 Å². The highest BCUT2D eigenvalue weighted by Crippen LogP contribution is 2.17. The molecule has 26 heavy (non-hydrogen) atoms. The molecule has 0 aliphatic carbocycles. The highest BCUT2D eigenvalue weighted by Gasteiger charge is 2.15. The molecule has 1 heterocycles. The third kappa shape index (κ3) is 5.44. The van der Waals surface area contributed by atoms with Crippen LogP contribution in [0.3, 0.4) is 0 Å². The monoisotopic (exact) mass is 366 g/mol. The standard InChI is InChI=1S/C18H16F2O6/c1-11-15(17(22)23-2)9-14(25-11)10-24-16(21)8-5-12-3-6-13(7-4-12)26-18(19)20/h3-9,18H,10H2,1-2H3/b8-5+. The van der Waals surface area contributed by atoms with Crippen molar-refractivity contribution >= 4 is 18.0 Å². The predicted octanol–water partition coefficient (Wildman–Crippen LogP) is 3.73. The first-order chi connectivity index (χ1) is 12.4. The molecule has 0 saturated heterocycles. The Morgan fingerprint density at radius 1 is 1.23 bits per heavy atom. The third-order valence-electron chi connectivity index (χ3n) is 3.25. The Bertz CT molecular complexity index is 793. The number of carbonyl (C=O) groups is 2. The lowest BCUT2D eigenvalue weighted by Gasteiger charge is -2.03. The van der Waals surface area contributed by atoms with E-state index in [-0.39, 0.29) is 17.9 Å². The molecular formula is C18H16F2O6. The molecule has 1 aromatic heterocycles. The molecule has 1 aromatic carbocycles. The van der Waals surface area contributed by atoms with Gasteiger partial charge in [0.05, 0.1) is 7.11 Å². The van der Waals surface area contributed by atoms with Crippen LogP contribution in [0, 0.1) is 6.92 Å². The fourth-order valence-electron chi connectivity index (χ4n) is 2.04. The minimum Gasteiger partial charge on any atom is -0.465 e. The Morgan fingerprint density at radius 3 is 2.54 bits per heavy atom. The summed E-state index contributed by atoms with van der Waals surface area (Å²) in [6, 6.07) is 7.19. The maximum absolute atomic E-state index is 12.1. The number of carbonyl (C=O) groups excluding carboxylic acids is 2. The number of ether oxygens (including phenoxy) is 3. The average Bonchev–Trinajstić information content (AvgIpc) is 2.99. The molecule has 0 aliphatic rings. The van der Waals surface area contributed by atoms with Gasteiger partial charge in [-0.2, -0.15) is 8.78 Å². The number of methoxy groups -OCH3 is 1. The van der Waals surface area contributed by atoms with Crippen LogP contribution in [-0.2, 0) is 20.9 Å². The van der Waals surface area contributed by atoms with Gasteiger partial charge in [0.15, 0.2) is 0 Å². The summed E-state index contributed by atoms with van der Waals surface area (Å²) in [5.41, 5.74) is 0.866. The van der Waals surface area contributed by atoms with E-state index in [1.807, 2.05) is 0 Å². The summed E-state index contributed by atoms with van der Waals surface area (Å²) in [6.07, 6.45) is 2.64. The molecule has 0 N–H and O–H groups in total. The Kier molecular flexibility index (Phi) is 6.48. The van der Waals surface area contributed by atoms with Crippen LogP contribution >= 0.6 is 0 Å². The van der Waals surface area contributed by atoms with Crippen molar-refractivity contribution in [3.63, 3.8) is 0 Å². The minimum atomic E-state index is -2.89. The van der Waals surface area contributed by atoms with Gasteiger partial charge < -0.3 is 18.6 Å². The van der Waals surface area contributed by atoms with E-state index in [1.54, 1.807) is 6.92 Å². The fraction of sp³-hybridized carbons (Fsp3) is 0.222. The topological polar surface area (TPSA) is 75.0 Å². The van der Waals surface area contributed by atoms with E-state index < -0.39 is 18.6 Å². The molecule has 0 spiro atoms. The van der Waals surface area contributed by atoms with E-state index in [9.17, 15) is 18.4 Å². The molecule has 8 heteroatoms. The van der Waals surface area contributed by atoms with Crippen LogP contribution in [0.15, 0.2) is 40.8 Å². The average molecular weight is 366 g/mol. The largest absolute Gasteiger partial charge is 0.465 e. The summed E-state index contributed by atoms with van der Waals surface area (Å²) >= 11 is 0. The number of hydrogen-bond acceptors (Lipinski definition) is 6. The molecule has 0 fully saturated rings. The molecule has 2 aromatic rings. The van der Waals surface area contributed by atoms with Gasteiger partial charge in [0, 0.05) is 6.08 Å². The van der Waals surface area contributed by atoms with Gasteiger partial charge in [-0.1, -0.05) is 12.1 Å². The van der Waals surface area contributed by atoms with Crippen LogP contribution in [0.2, 0.25) is 0 Å². The van der Waals surface area contributed by atoms with Gasteiger partial charge >= 0.3 is 18.6 Å². The molecule has 0 unspecified atom stereocenters. The molecular weight excluding hydrogens is 350 g/mol. The Balaban J connectivity index is 1.88. The van der Waals surface area contributed by atoms with E-state index in [1.165, 1.54) is 49.6 Å². The van der Waals surface area contributed by atoms with E-state index >= 15 is 0 Å². The highest BCUT2D eigenvalue weighted by atomic mass is 19.3. The second kappa shape index (κ2) is 8.80. The number of furan rings is 1. The summed E-state index contributed by atoms with van der Waals surface area (Å²) in [6.45, 7) is -1.45. The van der Waals surface area contributed by atoms with Crippen LogP contribution < -0.4 is 4.74 Å². The zero-order valence-corrected chi connectivity index (χ0v) is 14.0. The summed E-state index contributed by atoms with van der Waals surface area (Å²) in [5, 5.41) is 0. The van der Waals surface area contributed by atoms with Crippen molar-refractivity contribution in [2.75, 3.05) is 7.11 Å². The van der Waals surface area contributed by atoms with Crippen molar-refractivity contribution in [1.29, 1.82) is 0 Å². The number of rotatable bonds is 7. The molecule has 0 atom stereocenters. The minimum absolute atomic E-state index is 0.0225. The number of alkyl halides is 2. The van der Waals surface area contributed by atoms with E-state index in [0.29, 0.717) is 17.1 Å². The molecule has 0 radical (unpaired) electrons. The first-order valence-electron chi connectivity index (χ1n) is 7.46. The maximum Gasteiger partial charge on any atom is 0.387 e. The van der Waals surface area contributed by atoms with Crippen molar-refractivity contribution in [3.8, 4) is 5.75 Å². The molecule has 0 bridgehead atoms. The second-order valence-electron chi connectivity index (χ2n) is 5.06. The summed E-state index contributed by atoms with van der Waals surface area (Å²) in [7, 11) is 1.26. The van der Waals surface area contributed by atoms with E-state index in [2.05, 4.69) is 9.47 Å². The van der Waals surface area contributed by atoms with Crippen molar-refractivity contribution in [3.05, 3.63) is 59.1 Å². The second-order valence-corrected chi connectivity index (χ2v) is 5.06. The number of esters is 2. The smallest absolute Gasteiger partial charge is 0.387 e. The predicted molar refractivity (Wildman–Crippen MR) is 86.7 cm³/mol. The van der Waals surface area contributed by atoms with Crippen LogP contribution in [-0.4, -0.2) is 25.7 Å². The number of aryl methyl sites for hydroxylation is 1. The maximum atomic E-state index is 12.1. The first-order valence-corrected chi connectivity index (χ1v) is 7.46. The molecule has 0 amide bonds. The molecule has 6 nitrogen and oxygen atoms in total. The molecule has 0 aliphatic heterocycles. The van der Waals surface area contributed by atoms with Gasteiger partial charge in [0.2, 0.25) is 0 Å². The van der Waals surface area contributed by atoms with E-state index in [4.69, 9.17) is 9.15 Å². The lowest BCUT2D eigenvalue weighted by atomic mass is 10.2. The zero-order valence-electron chi connectivity index (χ0n) is 14.0. The number of benzene rings is 1. The van der Waals surface area contributed by atoms with Gasteiger partial charge in [-0.15, -0.1) is 0 Å². The van der Waals surface area contributed by atoms with Gasteiger partial charge in [0.1, 0.15) is 29.4 Å². The highest BCUT2D eigenvalue weighted by molar-refractivity contribution is 5.90. The summed E-state index contributed by atoms with van der Waals surface area (Å²) < 4.78 is 43.3. The fourth-order valence-corrected chi connectivity index (χ4v) is 2.04. The van der Waals surface area contributed by atoms with Crippen LogP contribution in [0.5, 0.6) is 5.75 Å². The van der Waals surface area contributed by atoms with Gasteiger partial charge in [0.25, 0.3) is 0 Å². The van der Waals surface area contributed by atoms with Crippen LogP contribution in [0.25, 0.3) is 6.08 Å². The Hall–Kier alpha value is -3.16. The van der Waals surface area contributed by atoms with Gasteiger partial charge in [-0.05, 0) is 36.8 Å². The lowest BCUT2D eigenvalue weighted by Crippen LogP contribution is -2.02. The third-order valence-corrected chi connectivity index (χ3v) is 3.25. The summed E-state index contributed by atoms with van der Waals surface area (Å²) in [4.78, 5) is 23.2. The molecule has 0 saturated carbocycles. The first kappa shape index (κ1) is 19.2. The van der Waals surface area contributed by atoms with Crippen molar-refractivity contribution in [2.24, 2.45) is 0 Å². The SMILES string of the molecule is COC(=O)c1cc(COC(=O)/C=C/c2ccc(OC(F)F)cc2)oc1C. The number of hydrogen-bond donors (Lipinski definition) is 0. The lowest BCUT2D eigenvalue weighted by molar-refractivity contribution is -0.139. The Labute approximate surface area is 148 Å². The van der Waals surface area contributed by atoms with E-state index in [0.717, 1.165) is 0 Å². The molecule has 2 rings (SSSR count). The van der Waals surface area contributed by atoms with Crippen LogP contribution in [0.4, 0.5) is 8.78 Å². The van der Waals surface area contributed by atoms with Crippen LogP contribution in [0.1, 0.15) is 27.4 Å².